The molecule has 2 aromatic rings. The molecular formula is C26H28N4O4. The van der Waals surface area contributed by atoms with Crippen molar-refractivity contribution >= 4 is 23.5 Å². The number of carbonyl (C=O) groups is 4. The fourth-order valence-corrected chi connectivity index (χ4v) is 4.30. The van der Waals surface area contributed by atoms with Crippen LogP contribution in [0.4, 0.5) is 4.79 Å². The average Bonchev–Trinajstić information content (AvgIpc) is 2.80. The molecule has 8 nitrogen and oxygen atoms in total. The molecule has 1 aromatic carbocycles. The van der Waals surface area contributed by atoms with Crippen LogP contribution >= 0.6 is 0 Å². The van der Waals surface area contributed by atoms with Gasteiger partial charge in [-0.3, -0.25) is 19.7 Å². The lowest BCUT2D eigenvalue weighted by atomic mass is 9.81. The molecule has 1 N–H and O–H groups in total. The molecule has 0 radical (unpaired) electrons. The summed E-state index contributed by atoms with van der Waals surface area (Å²) in [5.74, 6) is 4.15. The zero-order valence-corrected chi connectivity index (χ0v) is 19.7. The van der Waals surface area contributed by atoms with Gasteiger partial charge < -0.3 is 4.90 Å². The van der Waals surface area contributed by atoms with E-state index in [0.717, 1.165) is 22.3 Å². The molecule has 1 aromatic heterocycles. The van der Waals surface area contributed by atoms with E-state index in [-0.39, 0.29) is 30.1 Å². The van der Waals surface area contributed by atoms with Crippen LogP contribution in [0.1, 0.15) is 71.3 Å². The molecule has 1 fully saturated rings. The normalized spacial score (nSPS) is 15.3. The Balaban J connectivity index is 1.72. The number of benzene rings is 1. The SMILES string of the molecule is CC#Cc1cc(C)c(C2C(=O)CCCN(C(=O)NC(=O)c3cccnn3)CCCC2=O)c(C)c1. The first-order chi connectivity index (χ1) is 16.3. The number of nitrogens with one attached hydrogen (secondary N) is 1. The van der Waals surface area contributed by atoms with Crippen molar-refractivity contribution in [3.8, 4) is 11.8 Å². The molecule has 176 valence electrons. The third-order valence-electron chi connectivity index (χ3n) is 5.81. The van der Waals surface area contributed by atoms with E-state index in [2.05, 4.69) is 27.4 Å². The first kappa shape index (κ1) is 24.8. The number of imide groups is 1. The van der Waals surface area contributed by atoms with Crippen LogP contribution in [0.15, 0.2) is 30.5 Å². The minimum absolute atomic E-state index is 0.0341. The average molecular weight is 461 g/mol. The van der Waals surface area contributed by atoms with Crippen LogP contribution in [-0.4, -0.2) is 51.7 Å². The highest BCUT2D eigenvalue weighted by atomic mass is 16.2. The predicted octanol–water partition coefficient (Wildman–Crippen LogP) is 3.11. The van der Waals surface area contributed by atoms with Gasteiger partial charge >= 0.3 is 6.03 Å². The molecule has 0 spiro atoms. The Hall–Kier alpha value is -3.86. The van der Waals surface area contributed by atoms with Crippen LogP contribution in [0.3, 0.4) is 0 Å². The van der Waals surface area contributed by atoms with Crippen LogP contribution in [0.2, 0.25) is 0 Å². The van der Waals surface area contributed by atoms with Gasteiger partial charge in [0.05, 0.1) is 0 Å². The summed E-state index contributed by atoms with van der Waals surface area (Å²) in [6.45, 7) is 6.18. The lowest BCUT2D eigenvalue weighted by Crippen LogP contribution is -2.44. The van der Waals surface area contributed by atoms with Gasteiger partial charge in [-0.15, -0.1) is 11.0 Å². The molecule has 1 aliphatic heterocycles. The Labute approximate surface area is 199 Å². The van der Waals surface area contributed by atoms with Gasteiger partial charge in [0.2, 0.25) is 0 Å². The molecule has 8 heteroatoms. The molecule has 3 amide bonds. The zero-order valence-electron chi connectivity index (χ0n) is 19.7. The van der Waals surface area contributed by atoms with Crippen molar-refractivity contribution in [3.05, 3.63) is 58.4 Å². The first-order valence-corrected chi connectivity index (χ1v) is 11.3. The summed E-state index contributed by atoms with van der Waals surface area (Å²) in [6, 6.07) is 6.27. The zero-order chi connectivity index (χ0) is 24.7. The maximum Gasteiger partial charge on any atom is 0.324 e. The van der Waals surface area contributed by atoms with Crippen LogP contribution < -0.4 is 5.32 Å². The molecule has 0 atom stereocenters. The number of hydrogen-bond acceptors (Lipinski definition) is 6. The van der Waals surface area contributed by atoms with Gasteiger partial charge in [-0.1, -0.05) is 5.92 Å². The molecule has 0 saturated carbocycles. The van der Waals surface area contributed by atoms with E-state index in [9.17, 15) is 19.2 Å². The van der Waals surface area contributed by atoms with E-state index in [4.69, 9.17) is 0 Å². The molecule has 0 bridgehead atoms. The van der Waals surface area contributed by atoms with Crippen molar-refractivity contribution in [1.82, 2.24) is 20.4 Å². The number of aryl methyl sites for hydroxylation is 2. The van der Waals surface area contributed by atoms with Crippen molar-refractivity contribution in [2.75, 3.05) is 13.1 Å². The monoisotopic (exact) mass is 460 g/mol. The maximum atomic E-state index is 13.2. The fraction of sp³-hybridized carbons (Fsp3) is 0.385. The molecule has 2 heterocycles. The van der Waals surface area contributed by atoms with Gasteiger partial charge in [0.25, 0.3) is 5.91 Å². The summed E-state index contributed by atoms with van der Waals surface area (Å²) in [5, 5.41) is 9.63. The molecular weight excluding hydrogens is 432 g/mol. The number of Topliss-reactive ketones (excluding diaryl/α,β-unsaturated/α-hetero) is 2. The third-order valence-corrected chi connectivity index (χ3v) is 5.81. The predicted molar refractivity (Wildman–Crippen MR) is 126 cm³/mol. The van der Waals surface area contributed by atoms with E-state index >= 15 is 0 Å². The van der Waals surface area contributed by atoms with E-state index in [1.165, 1.54) is 17.2 Å². The van der Waals surface area contributed by atoms with Crippen LogP contribution in [0.25, 0.3) is 0 Å². The van der Waals surface area contributed by atoms with Gasteiger partial charge in [0.15, 0.2) is 5.69 Å². The Morgan fingerprint density at radius 3 is 2.21 bits per heavy atom. The molecule has 1 saturated heterocycles. The van der Waals surface area contributed by atoms with Crippen molar-refractivity contribution in [3.63, 3.8) is 0 Å². The van der Waals surface area contributed by atoms with Crippen LogP contribution in [0.5, 0.6) is 0 Å². The molecule has 0 unspecified atom stereocenters. The second-order valence-corrected chi connectivity index (χ2v) is 8.33. The Morgan fingerprint density at radius 2 is 1.68 bits per heavy atom. The molecule has 1 aliphatic rings. The standard InChI is InChI=1S/C26H28N4O4/c1-4-8-19-15-17(2)23(18(3)16-19)24-21(31)10-6-13-30(14-7-11-22(24)32)26(34)28-25(33)20-9-5-12-27-29-20/h5,9,12,15-16,24H,6-7,10-11,13-14H2,1-3H3,(H,28,33,34). The molecule has 0 aliphatic carbocycles. The number of amides is 3. The Bertz CT molecular complexity index is 1120. The van der Waals surface area contributed by atoms with Gasteiger partial charge in [0.1, 0.15) is 17.5 Å². The van der Waals surface area contributed by atoms with Crippen molar-refractivity contribution in [1.29, 1.82) is 0 Å². The van der Waals surface area contributed by atoms with Crippen molar-refractivity contribution in [2.24, 2.45) is 0 Å². The van der Waals surface area contributed by atoms with Gasteiger partial charge in [-0.05, 0) is 74.6 Å². The summed E-state index contributed by atoms with van der Waals surface area (Å²) in [6.07, 6.45) is 2.54. The van der Waals surface area contributed by atoms with Gasteiger partial charge in [0, 0.05) is 37.7 Å². The number of nitrogens with zero attached hydrogens (tertiary/aromatic N) is 3. The number of rotatable bonds is 2. The van der Waals surface area contributed by atoms with Crippen LogP contribution in [-0.2, 0) is 9.59 Å². The maximum absolute atomic E-state index is 13.2. The second kappa shape index (κ2) is 11.3. The number of ketones is 2. The first-order valence-electron chi connectivity index (χ1n) is 11.3. The van der Waals surface area contributed by atoms with E-state index in [0.29, 0.717) is 25.9 Å². The number of hydrogen-bond donors (Lipinski definition) is 1. The highest BCUT2D eigenvalue weighted by Crippen LogP contribution is 2.30. The largest absolute Gasteiger partial charge is 0.324 e. The Morgan fingerprint density at radius 1 is 1.06 bits per heavy atom. The highest BCUT2D eigenvalue weighted by Gasteiger charge is 2.31. The van der Waals surface area contributed by atoms with Crippen molar-refractivity contribution in [2.45, 2.75) is 52.4 Å². The summed E-state index contributed by atoms with van der Waals surface area (Å²) < 4.78 is 0. The number of carbonyl (C=O) groups excluding carboxylic acids is 4. The summed E-state index contributed by atoms with van der Waals surface area (Å²) in [7, 11) is 0. The minimum atomic E-state index is -0.803. The lowest BCUT2D eigenvalue weighted by molar-refractivity contribution is -0.129. The molecule has 34 heavy (non-hydrogen) atoms. The second-order valence-electron chi connectivity index (χ2n) is 8.33. The van der Waals surface area contributed by atoms with Crippen molar-refractivity contribution < 1.29 is 19.2 Å². The lowest BCUT2D eigenvalue weighted by Gasteiger charge is -2.26. The summed E-state index contributed by atoms with van der Waals surface area (Å²) >= 11 is 0. The third kappa shape index (κ3) is 5.93. The topological polar surface area (TPSA) is 109 Å². The quantitative estimate of drug-likeness (QED) is 0.545. The Kier molecular flexibility index (Phi) is 8.25. The number of urea groups is 1. The van der Waals surface area contributed by atoms with E-state index in [1.54, 1.807) is 13.0 Å². The van der Waals surface area contributed by atoms with E-state index < -0.39 is 17.9 Å². The molecule has 3 rings (SSSR count). The van der Waals surface area contributed by atoms with Gasteiger partial charge in [-0.2, -0.15) is 5.10 Å². The fourth-order valence-electron chi connectivity index (χ4n) is 4.30. The number of aromatic nitrogens is 2. The van der Waals surface area contributed by atoms with Crippen LogP contribution in [0, 0.1) is 25.7 Å². The summed E-state index contributed by atoms with van der Waals surface area (Å²) in [5.41, 5.74) is 3.42. The smallest absolute Gasteiger partial charge is 0.324 e. The van der Waals surface area contributed by atoms with E-state index in [1.807, 2.05) is 26.0 Å². The minimum Gasteiger partial charge on any atom is -0.324 e. The van der Waals surface area contributed by atoms with Gasteiger partial charge in [-0.25, -0.2) is 4.79 Å². The summed E-state index contributed by atoms with van der Waals surface area (Å²) in [4.78, 5) is 52.6. The highest BCUT2D eigenvalue weighted by molar-refractivity contribution is 6.08.